The van der Waals surface area contributed by atoms with Gasteiger partial charge in [0, 0.05) is 11.8 Å². The third kappa shape index (κ3) is 2.09. The molecular formula is C12H12N8. The van der Waals surface area contributed by atoms with E-state index in [9.17, 15) is 0 Å². The Labute approximate surface area is 114 Å². The van der Waals surface area contributed by atoms with Crippen molar-refractivity contribution < 1.29 is 0 Å². The van der Waals surface area contributed by atoms with Gasteiger partial charge in [-0.15, -0.1) is 5.10 Å². The van der Waals surface area contributed by atoms with Crippen molar-refractivity contribution in [2.24, 2.45) is 0 Å². The molecule has 0 aromatic carbocycles. The van der Waals surface area contributed by atoms with E-state index in [1.54, 1.807) is 18.5 Å². The molecule has 0 radical (unpaired) electrons. The lowest BCUT2D eigenvalue weighted by Gasteiger charge is -2.04. The van der Waals surface area contributed by atoms with E-state index in [0.29, 0.717) is 11.5 Å². The summed E-state index contributed by atoms with van der Waals surface area (Å²) >= 11 is 0. The van der Waals surface area contributed by atoms with Gasteiger partial charge in [-0.25, -0.2) is 4.98 Å². The second-order valence-electron chi connectivity index (χ2n) is 4.11. The normalized spacial score (nSPS) is 10.6. The Balaban J connectivity index is 1.95. The Hall–Kier alpha value is -3.16. The third-order valence-corrected chi connectivity index (χ3v) is 2.72. The average molecular weight is 268 g/mol. The van der Waals surface area contributed by atoms with Gasteiger partial charge in [0.05, 0.1) is 17.6 Å². The molecule has 6 N–H and O–H groups in total. The summed E-state index contributed by atoms with van der Waals surface area (Å²) in [7, 11) is 0. The molecule has 0 unspecified atom stereocenters. The summed E-state index contributed by atoms with van der Waals surface area (Å²) < 4.78 is 1.42. The Bertz CT molecular complexity index is 729. The first-order chi connectivity index (χ1) is 9.63. The largest absolute Gasteiger partial charge is 0.384 e. The Morgan fingerprint density at radius 3 is 2.30 bits per heavy atom. The first-order valence-corrected chi connectivity index (χ1v) is 5.80. The molecule has 0 bridgehead atoms. The van der Waals surface area contributed by atoms with E-state index in [0.717, 1.165) is 11.3 Å². The highest BCUT2D eigenvalue weighted by Gasteiger charge is 2.07. The second-order valence-corrected chi connectivity index (χ2v) is 4.11. The van der Waals surface area contributed by atoms with Gasteiger partial charge in [0.2, 0.25) is 11.9 Å². The van der Waals surface area contributed by atoms with E-state index >= 15 is 0 Å². The number of anilines is 3. The van der Waals surface area contributed by atoms with Gasteiger partial charge in [0.1, 0.15) is 5.82 Å². The van der Waals surface area contributed by atoms with Crippen LogP contribution < -0.4 is 17.2 Å². The third-order valence-electron chi connectivity index (χ3n) is 2.72. The lowest BCUT2D eigenvalue weighted by atomic mass is 10.2. The fourth-order valence-corrected chi connectivity index (χ4v) is 1.77. The van der Waals surface area contributed by atoms with Crippen LogP contribution in [0.4, 0.5) is 17.7 Å². The standard InChI is InChI=1S/C12H12N8/c13-10-4-1-7(5-17-10)9-3-2-8(6-16-9)20-12(15)18-11(14)19-20/h1-6H,(H2,13,17)(H4,14,15,18,19). The number of rotatable bonds is 2. The Morgan fingerprint density at radius 2 is 1.75 bits per heavy atom. The van der Waals surface area contributed by atoms with E-state index in [1.165, 1.54) is 4.68 Å². The first-order valence-electron chi connectivity index (χ1n) is 5.80. The topological polar surface area (TPSA) is 135 Å². The maximum Gasteiger partial charge on any atom is 0.241 e. The molecule has 100 valence electrons. The molecule has 3 aromatic rings. The van der Waals surface area contributed by atoms with Crippen LogP contribution in [0.25, 0.3) is 16.9 Å². The van der Waals surface area contributed by atoms with Crippen LogP contribution in [0.15, 0.2) is 36.7 Å². The molecule has 8 nitrogen and oxygen atoms in total. The highest BCUT2D eigenvalue weighted by molar-refractivity contribution is 5.60. The minimum atomic E-state index is 0.120. The van der Waals surface area contributed by atoms with E-state index in [4.69, 9.17) is 17.2 Å². The van der Waals surface area contributed by atoms with Crippen LogP contribution >= 0.6 is 0 Å². The van der Waals surface area contributed by atoms with Crippen molar-refractivity contribution in [3.63, 3.8) is 0 Å². The summed E-state index contributed by atoms with van der Waals surface area (Å²) in [6.07, 6.45) is 3.30. The summed E-state index contributed by atoms with van der Waals surface area (Å²) in [6.45, 7) is 0. The number of aromatic nitrogens is 5. The SMILES string of the molecule is Nc1ccc(-c2ccc(-n3nc(N)nc3N)cn2)cn1. The van der Waals surface area contributed by atoms with Gasteiger partial charge in [-0.2, -0.15) is 9.67 Å². The van der Waals surface area contributed by atoms with E-state index in [1.807, 2.05) is 18.2 Å². The number of pyridine rings is 2. The van der Waals surface area contributed by atoms with Crippen molar-refractivity contribution in [1.82, 2.24) is 24.7 Å². The maximum absolute atomic E-state index is 5.70. The summed E-state index contributed by atoms with van der Waals surface area (Å²) in [5, 5.41) is 3.98. The zero-order valence-corrected chi connectivity index (χ0v) is 10.4. The Morgan fingerprint density at radius 1 is 0.900 bits per heavy atom. The molecule has 0 aliphatic heterocycles. The minimum Gasteiger partial charge on any atom is -0.384 e. The van der Waals surface area contributed by atoms with E-state index < -0.39 is 0 Å². The van der Waals surface area contributed by atoms with Gasteiger partial charge >= 0.3 is 0 Å². The van der Waals surface area contributed by atoms with Crippen LogP contribution in [-0.4, -0.2) is 24.7 Å². The number of hydrogen-bond acceptors (Lipinski definition) is 7. The van der Waals surface area contributed by atoms with E-state index in [-0.39, 0.29) is 11.9 Å². The number of nitrogens with zero attached hydrogens (tertiary/aromatic N) is 5. The zero-order valence-electron chi connectivity index (χ0n) is 10.4. The molecule has 0 saturated carbocycles. The molecule has 20 heavy (non-hydrogen) atoms. The molecule has 8 heteroatoms. The van der Waals surface area contributed by atoms with Gasteiger partial charge in [-0.3, -0.25) is 4.98 Å². The molecule has 0 saturated heterocycles. The molecule has 0 atom stereocenters. The predicted molar refractivity (Wildman–Crippen MR) is 75.6 cm³/mol. The number of nitrogens with two attached hydrogens (primary N) is 3. The average Bonchev–Trinajstić information content (AvgIpc) is 2.79. The molecule has 0 amide bonds. The number of hydrogen-bond donors (Lipinski definition) is 3. The van der Waals surface area contributed by atoms with Crippen LogP contribution in [0, 0.1) is 0 Å². The molecule has 3 aromatic heterocycles. The van der Waals surface area contributed by atoms with Gasteiger partial charge in [0.15, 0.2) is 0 Å². The molecule has 0 aliphatic rings. The quantitative estimate of drug-likeness (QED) is 0.614. The fraction of sp³-hybridized carbons (Fsp3) is 0. The van der Waals surface area contributed by atoms with Gasteiger partial charge in [-0.05, 0) is 24.3 Å². The van der Waals surface area contributed by atoms with Crippen molar-refractivity contribution in [3.8, 4) is 16.9 Å². The second kappa shape index (κ2) is 4.50. The van der Waals surface area contributed by atoms with Crippen molar-refractivity contribution in [2.45, 2.75) is 0 Å². The van der Waals surface area contributed by atoms with Crippen LogP contribution in [0.2, 0.25) is 0 Å². The van der Waals surface area contributed by atoms with Crippen LogP contribution in [0.1, 0.15) is 0 Å². The minimum absolute atomic E-state index is 0.120. The maximum atomic E-state index is 5.70. The summed E-state index contributed by atoms with van der Waals surface area (Å²) in [6, 6.07) is 7.23. The smallest absolute Gasteiger partial charge is 0.241 e. The van der Waals surface area contributed by atoms with Crippen molar-refractivity contribution in [3.05, 3.63) is 36.7 Å². The summed E-state index contributed by atoms with van der Waals surface area (Å²) in [5.41, 5.74) is 19.1. The highest BCUT2D eigenvalue weighted by Crippen LogP contribution is 2.19. The Kier molecular flexibility index (Phi) is 2.68. The molecule has 0 spiro atoms. The zero-order chi connectivity index (χ0) is 14.1. The predicted octanol–water partition coefficient (Wildman–Crippen LogP) is 0.471. The van der Waals surface area contributed by atoms with Crippen LogP contribution in [0.3, 0.4) is 0 Å². The fourth-order valence-electron chi connectivity index (χ4n) is 1.77. The molecular weight excluding hydrogens is 256 g/mol. The highest BCUT2D eigenvalue weighted by atomic mass is 15.4. The van der Waals surface area contributed by atoms with Gasteiger partial charge in [-0.1, -0.05) is 0 Å². The van der Waals surface area contributed by atoms with Gasteiger partial charge in [0.25, 0.3) is 0 Å². The number of nitrogen functional groups attached to an aromatic ring is 3. The lowest BCUT2D eigenvalue weighted by molar-refractivity contribution is 0.889. The molecule has 0 fully saturated rings. The molecule has 3 heterocycles. The first kappa shape index (κ1) is 11.9. The van der Waals surface area contributed by atoms with E-state index in [2.05, 4.69) is 20.1 Å². The van der Waals surface area contributed by atoms with Crippen molar-refractivity contribution in [1.29, 1.82) is 0 Å². The van der Waals surface area contributed by atoms with Gasteiger partial charge < -0.3 is 17.2 Å². The van der Waals surface area contributed by atoms with Crippen molar-refractivity contribution >= 4 is 17.7 Å². The monoisotopic (exact) mass is 268 g/mol. The lowest BCUT2D eigenvalue weighted by Crippen LogP contribution is -2.03. The molecule has 3 rings (SSSR count). The van der Waals surface area contributed by atoms with Crippen LogP contribution in [0.5, 0.6) is 0 Å². The summed E-state index contributed by atoms with van der Waals surface area (Å²) in [4.78, 5) is 12.2. The van der Waals surface area contributed by atoms with Crippen molar-refractivity contribution in [2.75, 3.05) is 17.2 Å². The summed E-state index contributed by atoms with van der Waals surface area (Å²) in [5.74, 6) is 0.803. The van der Waals surface area contributed by atoms with Crippen LogP contribution in [-0.2, 0) is 0 Å². The molecule has 0 aliphatic carbocycles.